The van der Waals surface area contributed by atoms with Crippen LogP contribution >= 0.6 is 7.82 Å². The van der Waals surface area contributed by atoms with Crippen LogP contribution < -0.4 is 11.3 Å². The molecule has 7 N–H and O–H groups in total. The zero-order chi connectivity index (χ0) is 18.8. The molecule has 0 fully saturated rings. The van der Waals surface area contributed by atoms with Gasteiger partial charge in [0.25, 0.3) is 5.56 Å². The summed E-state index contributed by atoms with van der Waals surface area (Å²) in [6.07, 6.45) is -2.77. The SMILES string of the molecule is CC(O)[C@@H](O)[C@@H](COP(=O)(O)O)OCn1cnc2c(=O)[nH]c(N)nc21. The number of hydrogen-bond acceptors (Lipinski definition) is 9. The molecule has 1 unspecified atom stereocenters. The van der Waals surface area contributed by atoms with Gasteiger partial charge in [-0.25, -0.2) is 9.55 Å². The largest absolute Gasteiger partial charge is 0.469 e. The van der Waals surface area contributed by atoms with Crippen molar-refractivity contribution < 1.29 is 33.8 Å². The highest BCUT2D eigenvalue weighted by molar-refractivity contribution is 7.46. The van der Waals surface area contributed by atoms with Crippen LogP contribution in [0.2, 0.25) is 0 Å². The molecule has 2 aromatic heterocycles. The molecule has 0 amide bonds. The van der Waals surface area contributed by atoms with Gasteiger partial charge in [0.1, 0.15) is 18.9 Å². The Bertz CT molecular complexity index is 829. The van der Waals surface area contributed by atoms with Crippen molar-refractivity contribution in [3.8, 4) is 0 Å². The van der Waals surface area contributed by atoms with Crippen LogP contribution in [-0.4, -0.2) is 64.4 Å². The Kier molecular flexibility index (Phi) is 5.90. The van der Waals surface area contributed by atoms with E-state index in [2.05, 4.69) is 19.5 Å². The van der Waals surface area contributed by atoms with E-state index < -0.39 is 38.3 Å². The number of nitrogens with one attached hydrogen (secondary N) is 1. The molecule has 0 radical (unpaired) electrons. The number of aliphatic hydroxyl groups is 2. The molecule has 0 saturated carbocycles. The molecule has 2 aromatic rings. The zero-order valence-electron chi connectivity index (χ0n) is 13.0. The predicted molar refractivity (Wildman–Crippen MR) is 83.1 cm³/mol. The minimum Gasteiger partial charge on any atom is -0.391 e. The Balaban J connectivity index is 2.17. The van der Waals surface area contributed by atoms with E-state index in [1.165, 1.54) is 17.8 Å². The number of rotatable bonds is 8. The number of hydrogen-bond donors (Lipinski definition) is 6. The molecule has 13 nitrogen and oxygen atoms in total. The number of phosphoric acid groups is 1. The zero-order valence-corrected chi connectivity index (χ0v) is 13.9. The van der Waals surface area contributed by atoms with E-state index in [0.29, 0.717) is 0 Å². The number of phosphoric ester groups is 1. The van der Waals surface area contributed by atoms with Gasteiger partial charge in [0.15, 0.2) is 11.2 Å². The molecule has 0 spiro atoms. The van der Waals surface area contributed by atoms with Crippen LogP contribution in [0.5, 0.6) is 0 Å². The van der Waals surface area contributed by atoms with Crippen molar-refractivity contribution in [2.75, 3.05) is 12.3 Å². The van der Waals surface area contributed by atoms with Crippen molar-refractivity contribution in [1.82, 2.24) is 19.5 Å². The third-order valence-corrected chi connectivity index (χ3v) is 3.69. The molecule has 3 atom stereocenters. The molecule has 0 aliphatic heterocycles. The van der Waals surface area contributed by atoms with Gasteiger partial charge in [-0.15, -0.1) is 0 Å². The number of ether oxygens (including phenoxy) is 1. The Morgan fingerprint density at radius 2 is 2.12 bits per heavy atom. The van der Waals surface area contributed by atoms with Crippen LogP contribution in [0.1, 0.15) is 6.92 Å². The molecule has 0 aromatic carbocycles. The minimum atomic E-state index is -4.79. The van der Waals surface area contributed by atoms with Gasteiger partial charge < -0.3 is 30.5 Å². The molecular weight excluding hydrogens is 361 g/mol. The topological polar surface area (TPSA) is 206 Å². The fourth-order valence-corrected chi connectivity index (χ4v) is 2.31. The van der Waals surface area contributed by atoms with E-state index in [1.807, 2.05) is 0 Å². The molecule has 14 heteroatoms. The molecule has 0 aliphatic rings. The van der Waals surface area contributed by atoms with Gasteiger partial charge in [0.2, 0.25) is 5.95 Å². The summed E-state index contributed by atoms with van der Waals surface area (Å²) in [5, 5.41) is 19.3. The Morgan fingerprint density at radius 3 is 2.72 bits per heavy atom. The van der Waals surface area contributed by atoms with E-state index in [9.17, 15) is 19.6 Å². The smallest absolute Gasteiger partial charge is 0.391 e. The fourth-order valence-electron chi connectivity index (χ4n) is 1.97. The highest BCUT2D eigenvalue weighted by atomic mass is 31.2. The van der Waals surface area contributed by atoms with Gasteiger partial charge in [0.05, 0.1) is 19.0 Å². The number of imidazole rings is 1. The van der Waals surface area contributed by atoms with Crippen LogP contribution in [0.4, 0.5) is 5.95 Å². The van der Waals surface area contributed by atoms with Crippen LogP contribution in [0.3, 0.4) is 0 Å². The minimum absolute atomic E-state index is 0.0110. The second-order valence-electron chi connectivity index (χ2n) is 5.19. The Hall–Kier alpha value is -1.86. The molecule has 2 rings (SSSR count). The van der Waals surface area contributed by atoms with Gasteiger partial charge in [-0.1, -0.05) is 0 Å². The maximum absolute atomic E-state index is 11.7. The number of nitrogens with two attached hydrogens (primary N) is 1. The lowest BCUT2D eigenvalue weighted by Gasteiger charge is -2.25. The van der Waals surface area contributed by atoms with E-state index in [-0.39, 0.29) is 23.8 Å². The van der Waals surface area contributed by atoms with Crippen LogP contribution in [-0.2, 0) is 20.6 Å². The first-order valence-corrected chi connectivity index (χ1v) is 8.50. The number of nitrogens with zero attached hydrogens (tertiary/aromatic N) is 3. The van der Waals surface area contributed by atoms with Gasteiger partial charge in [0, 0.05) is 0 Å². The first kappa shape index (κ1) is 19.5. The lowest BCUT2D eigenvalue weighted by atomic mass is 10.1. The summed E-state index contributed by atoms with van der Waals surface area (Å²) >= 11 is 0. The summed E-state index contributed by atoms with van der Waals surface area (Å²) in [4.78, 5) is 39.2. The summed E-state index contributed by atoms with van der Waals surface area (Å²) in [7, 11) is -4.79. The highest BCUT2D eigenvalue weighted by Crippen LogP contribution is 2.36. The van der Waals surface area contributed by atoms with Crippen molar-refractivity contribution in [1.29, 1.82) is 0 Å². The normalized spacial score (nSPS) is 16.0. The van der Waals surface area contributed by atoms with Crippen LogP contribution in [0.25, 0.3) is 11.2 Å². The second-order valence-corrected chi connectivity index (χ2v) is 6.43. The summed E-state index contributed by atoms with van der Waals surface area (Å²) in [5.74, 6) is -0.135. The number of fused-ring (bicyclic) bond motifs is 1. The number of nitrogen functional groups attached to an aromatic ring is 1. The lowest BCUT2D eigenvalue weighted by molar-refractivity contribution is -0.118. The van der Waals surface area contributed by atoms with E-state index in [1.54, 1.807) is 0 Å². The summed E-state index contributed by atoms with van der Waals surface area (Å²) in [6.45, 7) is 0.289. The summed E-state index contributed by atoms with van der Waals surface area (Å²) < 4.78 is 21.8. The first-order valence-electron chi connectivity index (χ1n) is 6.97. The van der Waals surface area contributed by atoms with E-state index in [0.717, 1.165) is 0 Å². The first-order chi connectivity index (χ1) is 11.6. The average molecular weight is 379 g/mol. The average Bonchev–Trinajstić information content (AvgIpc) is 2.89. The molecule has 0 saturated heterocycles. The Morgan fingerprint density at radius 1 is 1.44 bits per heavy atom. The van der Waals surface area contributed by atoms with E-state index in [4.69, 9.17) is 20.3 Å². The molecule has 0 bridgehead atoms. The van der Waals surface area contributed by atoms with Gasteiger partial charge in [-0.2, -0.15) is 4.98 Å². The number of aliphatic hydroxyl groups excluding tert-OH is 2. The number of aromatic amines is 1. The number of anilines is 1. The number of aromatic nitrogens is 4. The lowest BCUT2D eigenvalue weighted by Crippen LogP contribution is -2.40. The van der Waals surface area contributed by atoms with E-state index >= 15 is 0 Å². The van der Waals surface area contributed by atoms with Crippen molar-refractivity contribution in [3.63, 3.8) is 0 Å². The molecular formula is C11H18N5O8P. The van der Waals surface area contributed by atoms with Crippen LogP contribution in [0, 0.1) is 0 Å². The number of H-pyrrole nitrogens is 1. The monoisotopic (exact) mass is 379 g/mol. The summed E-state index contributed by atoms with van der Waals surface area (Å²) in [6, 6.07) is 0. The molecule has 140 valence electrons. The summed E-state index contributed by atoms with van der Waals surface area (Å²) in [5.41, 5.74) is 5.04. The molecule has 0 aliphatic carbocycles. The van der Waals surface area contributed by atoms with Crippen molar-refractivity contribution in [2.24, 2.45) is 0 Å². The molecule has 2 heterocycles. The maximum atomic E-state index is 11.7. The van der Waals surface area contributed by atoms with Crippen LogP contribution in [0.15, 0.2) is 11.1 Å². The van der Waals surface area contributed by atoms with Gasteiger partial charge >= 0.3 is 7.82 Å². The fraction of sp³-hybridized carbons (Fsp3) is 0.545. The second kappa shape index (κ2) is 7.58. The van der Waals surface area contributed by atoms with Crippen molar-refractivity contribution in [2.45, 2.75) is 32.0 Å². The van der Waals surface area contributed by atoms with Crippen molar-refractivity contribution in [3.05, 3.63) is 16.7 Å². The van der Waals surface area contributed by atoms with Gasteiger partial charge in [-0.05, 0) is 6.92 Å². The quantitative estimate of drug-likeness (QED) is 0.274. The third-order valence-electron chi connectivity index (χ3n) is 3.20. The highest BCUT2D eigenvalue weighted by Gasteiger charge is 2.28. The molecule has 25 heavy (non-hydrogen) atoms. The maximum Gasteiger partial charge on any atom is 0.469 e. The predicted octanol–water partition coefficient (Wildman–Crippen LogP) is -2.10. The van der Waals surface area contributed by atoms with Gasteiger partial charge in [-0.3, -0.25) is 18.9 Å². The third kappa shape index (κ3) is 5.06. The Labute approximate surface area is 140 Å². The van der Waals surface area contributed by atoms with Crippen molar-refractivity contribution >= 4 is 24.9 Å². The standard InChI is InChI=1S/C11H18N5O8P/c1-5(17)8(18)6(2-24-25(20,21)22)23-4-16-3-13-7-9(16)14-11(12)15-10(7)19/h3,5-6,8,17-18H,2,4H2,1H3,(H2,20,21,22)(H3,12,14,15,19)/t5?,6-,8-/m1/s1.